The molecular weight excluding hydrogens is 459 g/mol. The number of halogens is 1. The molecule has 1 aromatic heterocycles. The Bertz CT molecular complexity index is 675. The van der Waals surface area contributed by atoms with Crippen molar-refractivity contribution in [3.05, 3.63) is 42.0 Å². The van der Waals surface area contributed by atoms with Crippen LogP contribution in [0.3, 0.4) is 0 Å². The molecule has 27 heavy (non-hydrogen) atoms. The van der Waals surface area contributed by atoms with E-state index in [4.69, 9.17) is 9.47 Å². The van der Waals surface area contributed by atoms with Gasteiger partial charge in [0.15, 0.2) is 11.8 Å². The lowest BCUT2D eigenvalue weighted by Gasteiger charge is -2.12. The van der Waals surface area contributed by atoms with E-state index in [1.165, 1.54) is 0 Å². The standard InChI is InChI=1S/C18H28N6O2.HI/c1-4-26-11-5-10-19-18(21-13-17-23-22-14-24(17)2)20-12-15-6-8-16(25-3)9-7-15;/h6-9,14H,4-5,10-13H2,1-3H3,(H2,19,20,21);1H. The third-order valence-corrected chi connectivity index (χ3v) is 3.76. The van der Waals surface area contributed by atoms with E-state index in [1.54, 1.807) is 13.4 Å². The first-order chi connectivity index (χ1) is 12.7. The van der Waals surface area contributed by atoms with Crippen molar-refractivity contribution >= 4 is 29.9 Å². The van der Waals surface area contributed by atoms with Gasteiger partial charge in [0.2, 0.25) is 0 Å². The van der Waals surface area contributed by atoms with Crippen LogP contribution < -0.4 is 15.4 Å². The van der Waals surface area contributed by atoms with Gasteiger partial charge in [-0.3, -0.25) is 0 Å². The molecule has 0 unspecified atom stereocenters. The smallest absolute Gasteiger partial charge is 0.191 e. The molecule has 0 saturated heterocycles. The second-order valence-electron chi connectivity index (χ2n) is 5.70. The molecule has 0 spiro atoms. The Morgan fingerprint density at radius 1 is 1.22 bits per heavy atom. The summed E-state index contributed by atoms with van der Waals surface area (Å²) >= 11 is 0. The molecule has 2 rings (SSSR count). The first-order valence-corrected chi connectivity index (χ1v) is 8.78. The number of aromatic nitrogens is 3. The van der Waals surface area contributed by atoms with Crippen LogP contribution in [0.5, 0.6) is 5.75 Å². The molecule has 0 aliphatic heterocycles. The summed E-state index contributed by atoms with van der Waals surface area (Å²) in [5, 5.41) is 14.6. The number of hydrogen-bond donors (Lipinski definition) is 2. The summed E-state index contributed by atoms with van der Waals surface area (Å²) < 4.78 is 12.4. The second-order valence-corrected chi connectivity index (χ2v) is 5.70. The number of methoxy groups -OCH3 is 1. The van der Waals surface area contributed by atoms with E-state index in [-0.39, 0.29) is 24.0 Å². The van der Waals surface area contributed by atoms with Gasteiger partial charge < -0.3 is 24.7 Å². The Morgan fingerprint density at radius 2 is 2.00 bits per heavy atom. The number of ether oxygens (including phenoxy) is 2. The van der Waals surface area contributed by atoms with E-state index in [0.717, 1.165) is 49.3 Å². The molecule has 2 N–H and O–H groups in total. The lowest BCUT2D eigenvalue weighted by molar-refractivity contribution is 0.145. The van der Waals surface area contributed by atoms with Crippen LogP contribution >= 0.6 is 24.0 Å². The molecule has 0 amide bonds. The predicted octanol–water partition coefficient (Wildman–Crippen LogP) is 2.10. The molecule has 0 aliphatic carbocycles. The summed E-state index contributed by atoms with van der Waals surface area (Å²) in [6, 6.07) is 7.90. The van der Waals surface area contributed by atoms with Crippen molar-refractivity contribution in [2.45, 2.75) is 26.4 Å². The normalized spacial score (nSPS) is 11.0. The topological polar surface area (TPSA) is 85.6 Å². The number of hydrogen-bond acceptors (Lipinski definition) is 5. The van der Waals surface area contributed by atoms with Gasteiger partial charge in [0.1, 0.15) is 12.1 Å². The van der Waals surface area contributed by atoms with Gasteiger partial charge >= 0.3 is 0 Å². The van der Waals surface area contributed by atoms with Gasteiger partial charge in [-0.2, -0.15) is 0 Å². The molecule has 0 atom stereocenters. The highest BCUT2D eigenvalue weighted by Gasteiger charge is 2.04. The number of aryl methyl sites for hydroxylation is 1. The quantitative estimate of drug-likeness (QED) is 0.231. The van der Waals surface area contributed by atoms with E-state index >= 15 is 0 Å². The SMILES string of the molecule is CCOCCCNC(=NCc1ccc(OC)cc1)NCc1nncn1C.I. The Labute approximate surface area is 177 Å². The highest BCUT2D eigenvalue weighted by atomic mass is 127. The van der Waals surface area contributed by atoms with Crippen LogP contribution in [0.4, 0.5) is 0 Å². The molecule has 1 heterocycles. The van der Waals surface area contributed by atoms with Crippen molar-refractivity contribution in [2.75, 3.05) is 26.9 Å². The van der Waals surface area contributed by atoms with E-state index in [2.05, 4.69) is 25.8 Å². The van der Waals surface area contributed by atoms with Crippen molar-refractivity contribution in [3.8, 4) is 5.75 Å². The molecule has 0 aliphatic rings. The van der Waals surface area contributed by atoms with Crippen molar-refractivity contribution in [1.82, 2.24) is 25.4 Å². The Hall–Kier alpha value is -1.88. The minimum atomic E-state index is 0. The van der Waals surface area contributed by atoms with Gasteiger partial charge in [0.25, 0.3) is 0 Å². The van der Waals surface area contributed by atoms with E-state index in [0.29, 0.717) is 13.1 Å². The number of aliphatic imine (C=N–C) groups is 1. The molecule has 0 bridgehead atoms. The molecule has 9 heteroatoms. The van der Waals surface area contributed by atoms with Crippen LogP contribution in [0.25, 0.3) is 0 Å². The van der Waals surface area contributed by atoms with Crippen molar-refractivity contribution in [3.63, 3.8) is 0 Å². The largest absolute Gasteiger partial charge is 0.497 e. The summed E-state index contributed by atoms with van der Waals surface area (Å²) in [4.78, 5) is 4.65. The zero-order valence-electron chi connectivity index (χ0n) is 16.1. The van der Waals surface area contributed by atoms with Gasteiger partial charge in [0.05, 0.1) is 20.2 Å². The van der Waals surface area contributed by atoms with Crippen LogP contribution in [0.15, 0.2) is 35.6 Å². The van der Waals surface area contributed by atoms with Crippen LogP contribution in [-0.4, -0.2) is 47.6 Å². The van der Waals surface area contributed by atoms with E-state index in [1.807, 2.05) is 42.8 Å². The number of nitrogens with one attached hydrogen (secondary N) is 2. The number of guanidine groups is 1. The second kappa shape index (κ2) is 13.3. The lowest BCUT2D eigenvalue weighted by atomic mass is 10.2. The average molecular weight is 488 g/mol. The Kier molecular flexibility index (Phi) is 11.4. The summed E-state index contributed by atoms with van der Waals surface area (Å²) in [6.45, 7) is 5.38. The minimum Gasteiger partial charge on any atom is -0.497 e. The molecule has 0 radical (unpaired) electrons. The fraction of sp³-hybridized carbons (Fsp3) is 0.500. The Morgan fingerprint density at radius 3 is 2.63 bits per heavy atom. The fourth-order valence-corrected chi connectivity index (χ4v) is 2.23. The highest BCUT2D eigenvalue weighted by molar-refractivity contribution is 14.0. The molecule has 8 nitrogen and oxygen atoms in total. The van der Waals surface area contributed by atoms with Crippen LogP contribution in [0.1, 0.15) is 24.7 Å². The number of rotatable bonds is 10. The van der Waals surface area contributed by atoms with Crippen molar-refractivity contribution < 1.29 is 9.47 Å². The summed E-state index contributed by atoms with van der Waals surface area (Å²) in [5.74, 6) is 2.42. The molecule has 2 aromatic rings. The first kappa shape index (κ1) is 23.2. The van der Waals surface area contributed by atoms with E-state index < -0.39 is 0 Å². The third kappa shape index (κ3) is 8.57. The maximum absolute atomic E-state index is 5.37. The minimum absolute atomic E-state index is 0. The van der Waals surface area contributed by atoms with Crippen LogP contribution in [0, 0.1) is 0 Å². The first-order valence-electron chi connectivity index (χ1n) is 8.78. The molecule has 150 valence electrons. The maximum atomic E-state index is 5.37. The molecule has 1 aromatic carbocycles. The van der Waals surface area contributed by atoms with Crippen LogP contribution in [-0.2, 0) is 24.9 Å². The molecule has 0 saturated carbocycles. The lowest BCUT2D eigenvalue weighted by Crippen LogP contribution is -2.38. The number of nitrogens with zero attached hydrogens (tertiary/aromatic N) is 4. The van der Waals surface area contributed by atoms with Gasteiger partial charge in [-0.25, -0.2) is 4.99 Å². The van der Waals surface area contributed by atoms with Crippen molar-refractivity contribution in [2.24, 2.45) is 12.0 Å². The maximum Gasteiger partial charge on any atom is 0.191 e. The highest BCUT2D eigenvalue weighted by Crippen LogP contribution is 2.11. The summed E-state index contributed by atoms with van der Waals surface area (Å²) in [6.07, 6.45) is 2.60. The molecule has 0 fully saturated rings. The Balaban J connectivity index is 0.00000364. The third-order valence-electron chi connectivity index (χ3n) is 3.76. The monoisotopic (exact) mass is 488 g/mol. The van der Waals surface area contributed by atoms with Crippen LogP contribution in [0.2, 0.25) is 0 Å². The van der Waals surface area contributed by atoms with Crippen molar-refractivity contribution in [1.29, 1.82) is 0 Å². The molecular formula is C18H29IN6O2. The van der Waals surface area contributed by atoms with Gasteiger partial charge in [-0.1, -0.05) is 12.1 Å². The summed E-state index contributed by atoms with van der Waals surface area (Å²) in [5.41, 5.74) is 1.11. The van der Waals surface area contributed by atoms with Gasteiger partial charge in [0, 0.05) is 26.8 Å². The fourth-order valence-electron chi connectivity index (χ4n) is 2.23. The average Bonchev–Trinajstić information content (AvgIpc) is 3.08. The summed E-state index contributed by atoms with van der Waals surface area (Å²) in [7, 11) is 3.58. The predicted molar refractivity (Wildman–Crippen MR) is 117 cm³/mol. The zero-order chi connectivity index (χ0) is 18.6. The van der Waals surface area contributed by atoms with Gasteiger partial charge in [-0.05, 0) is 31.0 Å². The van der Waals surface area contributed by atoms with E-state index in [9.17, 15) is 0 Å². The van der Waals surface area contributed by atoms with Gasteiger partial charge in [-0.15, -0.1) is 34.2 Å². The number of benzene rings is 1. The zero-order valence-corrected chi connectivity index (χ0v) is 18.5.